The predicted molar refractivity (Wildman–Crippen MR) is 197 cm³/mol. The van der Waals surface area contributed by atoms with Crippen LogP contribution in [0, 0.1) is 0 Å². The highest BCUT2D eigenvalue weighted by Gasteiger charge is 2.30. The van der Waals surface area contributed by atoms with Crippen LogP contribution < -0.4 is 0 Å². The van der Waals surface area contributed by atoms with Crippen LogP contribution in [0.3, 0.4) is 0 Å². The number of nitrogens with zero attached hydrogens (tertiary/aromatic N) is 2. The second-order valence-corrected chi connectivity index (χ2v) is 15.7. The lowest BCUT2D eigenvalue weighted by Crippen LogP contribution is -2.14. The van der Waals surface area contributed by atoms with Crippen LogP contribution in [0.2, 0.25) is 0 Å². The van der Waals surface area contributed by atoms with Crippen molar-refractivity contribution in [3.63, 3.8) is 0 Å². The lowest BCUT2D eigenvalue weighted by molar-refractivity contribution is 0.567. The number of rotatable bonds is 0. The van der Waals surface area contributed by atoms with Crippen molar-refractivity contribution >= 4 is 98.0 Å². The van der Waals surface area contributed by atoms with E-state index in [4.69, 9.17) is 0 Å². The predicted octanol–water partition coefficient (Wildman–Crippen LogP) is 11.5. The summed E-state index contributed by atoms with van der Waals surface area (Å²) in [4.78, 5) is 7.55. The van der Waals surface area contributed by atoms with E-state index < -0.39 is 0 Å². The molecule has 6 heterocycles. The molecule has 0 unspecified atom stereocenters. The van der Waals surface area contributed by atoms with Gasteiger partial charge in [-0.2, -0.15) is 0 Å². The zero-order valence-electron chi connectivity index (χ0n) is 27.0. The van der Waals surface area contributed by atoms with Crippen LogP contribution in [0.25, 0.3) is 98.0 Å². The molecular weight excluding hydrogens is 560 g/mol. The molecule has 0 radical (unpaired) electrons. The van der Waals surface area contributed by atoms with Crippen molar-refractivity contribution in [2.24, 2.45) is 0 Å². The van der Waals surface area contributed by atoms with Gasteiger partial charge in [-0.15, -0.1) is 0 Å². The summed E-state index contributed by atoms with van der Waals surface area (Å²) in [6.07, 6.45) is 0. The molecule has 0 saturated heterocycles. The molecule has 0 saturated carbocycles. The Balaban J connectivity index is 1.47. The van der Waals surface area contributed by atoms with Gasteiger partial charge >= 0.3 is 0 Å². The Morgan fingerprint density at radius 2 is 0.870 bits per heavy atom. The van der Waals surface area contributed by atoms with Gasteiger partial charge in [0.05, 0.1) is 22.1 Å². The van der Waals surface area contributed by atoms with Crippen molar-refractivity contribution in [1.82, 2.24) is 18.8 Å². The minimum absolute atomic E-state index is 0.0247. The van der Waals surface area contributed by atoms with Crippen molar-refractivity contribution in [1.29, 1.82) is 0 Å². The van der Waals surface area contributed by atoms with Crippen LogP contribution in [0.5, 0.6) is 0 Å². The zero-order valence-corrected chi connectivity index (χ0v) is 27.0. The summed E-state index contributed by atoms with van der Waals surface area (Å²) in [7, 11) is 0. The Morgan fingerprint density at radius 3 is 1.30 bits per heavy atom. The Bertz CT molecular complexity index is 2880. The van der Waals surface area contributed by atoms with Crippen molar-refractivity contribution in [3.05, 3.63) is 96.3 Å². The first-order valence-electron chi connectivity index (χ1n) is 16.5. The highest BCUT2D eigenvalue weighted by Crippen LogP contribution is 2.49. The molecule has 5 aromatic carbocycles. The van der Waals surface area contributed by atoms with Crippen LogP contribution in [-0.2, 0) is 10.8 Å². The molecule has 0 aliphatic carbocycles. The average molecular weight is 595 g/mol. The number of H-pyrrole nitrogens is 2. The van der Waals surface area contributed by atoms with E-state index in [1.165, 1.54) is 109 Å². The molecule has 2 N–H and O–H groups in total. The zero-order chi connectivity index (χ0) is 31.0. The third-order valence-corrected chi connectivity index (χ3v) is 10.8. The standard InChI is InChI=1S/C42H34N4/c1-41(2,3)33-17-21-15-29-35(23-11-7-9-13-27(23)43-29)37-25-19-26-32(20-31(25)45(33)39(21)37)46-34(42(4,5)6)18-22-16-30-36(38(26)40(22)46)24-12-8-10-14-28(24)44-30/h7-20,43-44H,1-6H3. The maximum atomic E-state index is 3.77. The summed E-state index contributed by atoms with van der Waals surface area (Å²) in [5.74, 6) is 0. The lowest BCUT2D eigenvalue weighted by atomic mass is 9.91. The quantitative estimate of drug-likeness (QED) is 0.175. The molecule has 0 spiro atoms. The molecule has 0 fully saturated rings. The van der Waals surface area contributed by atoms with Gasteiger partial charge < -0.3 is 18.8 Å². The lowest BCUT2D eigenvalue weighted by Gasteiger charge is -2.19. The number of aromatic amines is 2. The van der Waals surface area contributed by atoms with Gasteiger partial charge in [0.2, 0.25) is 0 Å². The van der Waals surface area contributed by atoms with Gasteiger partial charge in [0.15, 0.2) is 0 Å². The van der Waals surface area contributed by atoms with Crippen LogP contribution >= 0.6 is 0 Å². The Hall–Kier alpha value is -5.22. The van der Waals surface area contributed by atoms with Gasteiger partial charge in [0, 0.05) is 98.1 Å². The number of para-hydroxylation sites is 2. The first-order valence-corrected chi connectivity index (χ1v) is 16.5. The monoisotopic (exact) mass is 594 g/mol. The minimum Gasteiger partial charge on any atom is -0.354 e. The van der Waals surface area contributed by atoms with Gasteiger partial charge in [-0.1, -0.05) is 77.9 Å². The van der Waals surface area contributed by atoms with E-state index in [1.54, 1.807) is 0 Å². The van der Waals surface area contributed by atoms with Crippen molar-refractivity contribution in [2.45, 2.75) is 52.4 Å². The molecule has 11 rings (SSSR count). The molecule has 0 amide bonds. The largest absolute Gasteiger partial charge is 0.354 e. The molecular formula is C42H34N4. The van der Waals surface area contributed by atoms with Gasteiger partial charge in [-0.05, 0) is 48.5 Å². The maximum Gasteiger partial charge on any atom is 0.0618 e. The SMILES string of the molecule is CC(C)(C)c1cc2cc3[nH]c4ccccc4c3c3c4cc5c6c7c(cc8cc(C(C)(C)C)n(c5cc4n1c23)c86)[nH]c1ccccc17. The number of aromatic nitrogens is 4. The topological polar surface area (TPSA) is 40.4 Å². The molecule has 0 aliphatic rings. The molecule has 0 aliphatic heterocycles. The normalized spacial score (nSPS) is 13.9. The smallest absolute Gasteiger partial charge is 0.0618 e. The molecule has 222 valence electrons. The van der Waals surface area contributed by atoms with Crippen LogP contribution in [-0.4, -0.2) is 18.8 Å². The second kappa shape index (κ2) is 7.59. The summed E-state index contributed by atoms with van der Waals surface area (Å²) < 4.78 is 5.17. The van der Waals surface area contributed by atoms with Crippen molar-refractivity contribution < 1.29 is 0 Å². The summed E-state index contributed by atoms with van der Waals surface area (Å²) >= 11 is 0. The number of hydrogen-bond donors (Lipinski definition) is 2. The third-order valence-electron chi connectivity index (χ3n) is 10.8. The van der Waals surface area contributed by atoms with E-state index in [0.29, 0.717) is 0 Å². The molecule has 4 nitrogen and oxygen atoms in total. The van der Waals surface area contributed by atoms with E-state index in [-0.39, 0.29) is 10.8 Å². The van der Waals surface area contributed by atoms with E-state index in [9.17, 15) is 0 Å². The highest BCUT2D eigenvalue weighted by molar-refractivity contribution is 6.36. The van der Waals surface area contributed by atoms with Gasteiger partial charge in [0.1, 0.15) is 0 Å². The molecule has 0 bridgehead atoms. The van der Waals surface area contributed by atoms with Crippen molar-refractivity contribution in [3.8, 4) is 0 Å². The highest BCUT2D eigenvalue weighted by atomic mass is 15.0. The fourth-order valence-electron chi connectivity index (χ4n) is 8.90. The summed E-state index contributed by atoms with van der Waals surface area (Å²) in [5, 5.41) is 13.2. The molecule has 6 aromatic heterocycles. The Morgan fingerprint density at radius 1 is 0.435 bits per heavy atom. The number of fused-ring (bicyclic) bond motifs is 14. The molecule has 46 heavy (non-hydrogen) atoms. The summed E-state index contributed by atoms with van der Waals surface area (Å²) in [6.45, 7) is 14.0. The third kappa shape index (κ3) is 2.79. The van der Waals surface area contributed by atoms with E-state index in [0.717, 1.165) is 0 Å². The Kier molecular flexibility index (Phi) is 4.13. The fraction of sp³-hybridized carbons (Fsp3) is 0.190. The van der Waals surface area contributed by atoms with E-state index >= 15 is 0 Å². The molecule has 4 heteroatoms. The first-order chi connectivity index (χ1) is 22.1. The second-order valence-electron chi connectivity index (χ2n) is 15.7. The minimum atomic E-state index is -0.0247. The molecule has 11 aromatic rings. The van der Waals surface area contributed by atoms with Gasteiger partial charge in [0.25, 0.3) is 0 Å². The Labute approximate surface area is 264 Å². The fourth-order valence-corrected chi connectivity index (χ4v) is 8.90. The summed E-state index contributed by atoms with van der Waals surface area (Å²) in [5.41, 5.74) is 12.7. The van der Waals surface area contributed by atoms with Crippen LogP contribution in [0.4, 0.5) is 0 Å². The molecule has 0 atom stereocenters. The van der Waals surface area contributed by atoms with Gasteiger partial charge in [-0.25, -0.2) is 0 Å². The summed E-state index contributed by atoms with van der Waals surface area (Å²) in [6, 6.07) is 32.2. The van der Waals surface area contributed by atoms with E-state index in [1.807, 2.05) is 0 Å². The van der Waals surface area contributed by atoms with Crippen LogP contribution in [0.1, 0.15) is 52.9 Å². The van der Waals surface area contributed by atoms with Crippen LogP contribution in [0.15, 0.2) is 84.9 Å². The van der Waals surface area contributed by atoms with Gasteiger partial charge in [-0.3, -0.25) is 0 Å². The maximum absolute atomic E-state index is 3.77. The number of nitrogens with one attached hydrogen (secondary N) is 2. The first kappa shape index (κ1) is 25.0. The number of hydrogen-bond acceptors (Lipinski definition) is 0. The average Bonchev–Trinajstić information content (AvgIpc) is 3.83. The van der Waals surface area contributed by atoms with E-state index in [2.05, 4.69) is 145 Å². The number of benzene rings is 5. The van der Waals surface area contributed by atoms with Crippen molar-refractivity contribution in [2.75, 3.05) is 0 Å².